The molecule has 23 heavy (non-hydrogen) atoms. The number of rotatable bonds is 6. The first kappa shape index (κ1) is 17.3. The second kappa shape index (κ2) is 8.02. The minimum absolute atomic E-state index is 0. The van der Waals surface area contributed by atoms with Gasteiger partial charge in [0.05, 0.1) is 6.61 Å². The highest BCUT2D eigenvalue weighted by atomic mass is 35.5. The van der Waals surface area contributed by atoms with Crippen LogP contribution in [-0.4, -0.2) is 22.7 Å². The zero-order valence-corrected chi connectivity index (χ0v) is 13.6. The topological polar surface area (TPSA) is 71.3 Å². The molecule has 0 amide bonds. The van der Waals surface area contributed by atoms with Crippen LogP contribution in [0.4, 0.5) is 0 Å². The highest BCUT2D eigenvalue weighted by Gasteiger charge is 2.12. The third-order valence-corrected chi connectivity index (χ3v) is 3.70. The average Bonchev–Trinajstić information content (AvgIpc) is 2.97. The van der Waals surface area contributed by atoms with Crippen LogP contribution in [0.1, 0.15) is 11.1 Å². The molecule has 3 aromatic rings. The number of aromatic nitrogens is 1. The molecule has 0 aliphatic carbocycles. The standard InChI is InChI=1S/C18H20N2O2.ClH/c19-15(11-21)9-14-10-20-16-7-4-8-17(18(14)16)22-12-13-5-2-1-3-6-13;/h1-8,10,15,20-21H,9,11-12,19H2;1H. The number of nitrogens with one attached hydrogen (secondary N) is 1. The summed E-state index contributed by atoms with van der Waals surface area (Å²) in [4.78, 5) is 3.24. The van der Waals surface area contributed by atoms with E-state index in [9.17, 15) is 0 Å². The van der Waals surface area contributed by atoms with Crippen LogP contribution >= 0.6 is 12.4 Å². The second-order valence-electron chi connectivity index (χ2n) is 5.41. The van der Waals surface area contributed by atoms with E-state index in [0.29, 0.717) is 13.0 Å². The Morgan fingerprint density at radius 2 is 1.87 bits per heavy atom. The van der Waals surface area contributed by atoms with Crippen molar-refractivity contribution >= 4 is 23.3 Å². The van der Waals surface area contributed by atoms with Crippen molar-refractivity contribution in [1.82, 2.24) is 4.98 Å². The fraction of sp³-hybridized carbons (Fsp3) is 0.222. The summed E-state index contributed by atoms with van der Waals surface area (Å²) < 4.78 is 6.00. The molecule has 0 aliphatic rings. The molecule has 4 nitrogen and oxygen atoms in total. The van der Waals surface area contributed by atoms with Gasteiger partial charge in [0.1, 0.15) is 12.4 Å². The maximum Gasteiger partial charge on any atom is 0.129 e. The number of aromatic amines is 1. The van der Waals surface area contributed by atoms with Gasteiger partial charge in [0.25, 0.3) is 0 Å². The van der Waals surface area contributed by atoms with Gasteiger partial charge in [0, 0.05) is 23.1 Å². The minimum Gasteiger partial charge on any atom is -0.488 e. The van der Waals surface area contributed by atoms with Crippen LogP contribution in [-0.2, 0) is 13.0 Å². The molecule has 122 valence electrons. The predicted octanol–water partition coefficient (Wildman–Crippen LogP) is 3.03. The van der Waals surface area contributed by atoms with Crippen LogP contribution < -0.4 is 10.5 Å². The normalized spacial score (nSPS) is 11.9. The molecular weight excluding hydrogens is 312 g/mol. The summed E-state index contributed by atoms with van der Waals surface area (Å²) in [5, 5.41) is 10.2. The van der Waals surface area contributed by atoms with Gasteiger partial charge in [-0.3, -0.25) is 0 Å². The molecule has 1 aromatic heterocycles. The maximum absolute atomic E-state index is 9.16. The molecule has 0 bridgehead atoms. The Hall–Kier alpha value is -2.01. The van der Waals surface area contributed by atoms with Crippen molar-refractivity contribution in [1.29, 1.82) is 0 Å². The van der Waals surface area contributed by atoms with Crippen molar-refractivity contribution in [2.45, 2.75) is 19.1 Å². The smallest absolute Gasteiger partial charge is 0.129 e. The highest BCUT2D eigenvalue weighted by molar-refractivity contribution is 5.89. The summed E-state index contributed by atoms with van der Waals surface area (Å²) >= 11 is 0. The first-order valence-corrected chi connectivity index (χ1v) is 7.40. The van der Waals surface area contributed by atoms with Gasteiger partial charge in [-0.05, 0) is 29.7 Å². The SMILES string of the molecule is Cl.NC(CO)Cc1c[nH]c2cccc(OCc3ccccc3)c12. The van der Waals surface area contributed by atoms with E-state index < -0.39 is 0 Å². The number of halogens is 1. The Morgan fingerprint density at radius 3 is 2.61 bits per heavy atom. The van der Waals surface area contributed by atoms with Gasteiger partial charge < -0.3 is 20.6 Å². The molecule has 0 fully saturated rings. The van der Waals surface area contributed by atoms with E-state index in [0.717, 1.165) is 27.8 Å². The lowest BCUT2D eigenvalue weighted by Gasteiger charge is -2.11. The average molecular weight is 333 g/mol. The first-order valence-electron chi connectivity index (χ1n) is 7.40. The summed E-state index contributed by atoms with van der Waals surface area (Å²) in [5.74, 6) is 0.836. The predicted molar refractivity (Wildman–Crippen MR) is 95.1 cm³/mol. The number of H-pyrrole nitrogens is 1. The third-order valence-electron chi connectivity index (χ3n) is 3.70. The Bertz CT molecular complexity index is 743. The van der Waals surface area contributed by atoms with E-state index >= 15 is 0 Å². The van der Waals surface area contributed by atoms with Gasteiger partial charge in [-0.2, -0.15) is 0 Å². The quantitative estimate of drug-likeness (QED) is 0.649. The third kappa shape index (κ3) is 4.05. The van der Waals surface area contributed by atoms with Crippen molar-refractivity contribution in [2.75, 3.05) is 6.61 Å². The number of ether oxygens (including phenoxy) is 1. The number of aliphatic hydroxyl groups excluding tert-OH is 1. The van der Waals surface area contributed by atoms with Gasteiger partial charge in [-0.15, -0.1) is 12.4 Å². The Labute approximate surface area is 141 Å². The van der Waals surface area contributed by atoms with E-state index in [-0.39, 0.29) is 25.1 Å². The molecule has 0 saturated carbocycles. The van der Waals surface area contributed by atoms with Gasteiger partial charge in [0.2, 0.25) is 0 Å². The number of fused-ring (bicyclic) bond motifs is 1. The van der Waals surface area contributed by atoms with Gasteiger partial charge in [0.15, 0.2) is 0 Å². The molecule has 1 atom stereocenters. The van der Waals surface area contributed by atoms with Crippen molar-refractivity contribution in [3.8, 4) is 5.75 Å². The van der Waals surface area contributed by atoms with E-state index in [1.54, 1.807) is 0 Å². The molecular formula is C18H21ClN2O2. The number of hydrogen-bond acceptors (Lipinski definition) is 3. The van der Waals surface area contributed by atoms with Crippen molar-refractivity contribution in [3.05, 3.63) is 65.9 Å². The van der Waals surface area contributed by atoms with Crippen LogP contribution in [0.2, 0.25) is 0 Å². The molecule has 0 radical (unpaired) electrons. The summed E-state index contributed by atoms with van der Waals surface area (Å²) in [6.07, 6.45) is 2.55. The summed E-state index contributed by atoms with van der Waals surface area (Å²) in [7, 11) is 0. The van der Waals surface area contributed by atoms with E-state index in [1.807, 2.05) is 54.7 Å². The molecule has 0 spiro atoms. The minimum atomic E-state index is -0.263. The van der Waals surface area contributed by atoms with E-state index in [1.165, 1.54) is 0 Å². The van der Waals surface area contributed by atoms with Crippen molar-refractivity contribution < 1.29 is 9.84 Å². The van der Waals surface area contributed by atoms with Crippen LogP contribution in [0.15, 0.2) is 54.7 Å². The Kier molecular flexibility index (Phi) is 6.04. The number of aliphatic hydroxyl groups is 1. The summed E-state index contributed by atoms with van der Waals surface area (Å²) in [6.45, 7) is 0.496. The van der Waals surface area contributed by atoms with Gasteiger partial charge >= 0.3 is 0 Å². The summed E-state index contributed by atoms with van der Waals surface area (Å²) in [6, 6.07) is 15.8. The number of benzene rings is 2. The maximum atomic E-state index is 9.16. The fourth-order valence-corrected chi connectivity index (χ4v) is 2.58. The van der Waals surface area contributed by atoms with Crippen LogP contribution in [0, 0.1) is 0 Å². The van der Waals surface area contributed by atoms with Crippen LogP contribution in [0.25, 0.3) is 10.9 Å². The Morgan fingerprint density at radius 1 is 1.09 bits per heavy atom. The molecule has 5 heteroatoms. The molecule has 2 aromatic carbocycles. The molecule has 3 rings (SSSR count). The zero-order chi connectivity index (χ0) is 15.4. The van der Waals surface area contributed by atoms with Crippen molar-refractivity contribution in [3.63, 3.8) is 0 Å². The molecule has 0 saturated heterocycles. The first-order chi connectivity index (χ1) is 10.8. The van der Waals surface area contributed by atoms with E-state index in [4.69, 9.17) is 15.6 Å². The lowest BCUT2D eigenvalue weighted by Crippen LogP contribution is -2.26. The second-order valence-corrected chi connectivity index (χ2v) is 5.41. The Balaban J connectivity index is 0.00000192. The van der Waals surface area contributed by atoms with Crippen LogP contribution in [0.5, 0.6) is 5.75 Å². The van der Waals surface area contributed by atoms with Gasteiger partial charge in [-0.25, -0.2) is 0 Å². The van der Waals surface area contributed by atoms with E-state index in [2.05, 4.69) is 4.98 Å². The van der Waals surface area contributed by atoms with Crippen LogP contribution in [0.3, 0.4) is 0 Å². The fourth-order valence-electron chi connectivity index (χ4n) is 2.58. The molecule has 4 N–H and O–H groups in total. The van der Waals surface area contributed by atoms with Crippen molar-refractivity contribution in [2.24, 2.45) is 5.73 Å². The molecule has 1 heterocycles. The molecule has 1 unspecified atom stereocenters. The lowest BCUT2D eigenvalue weighted by molar-refractivity contribution is 0.265. The lowest BCUT2D eigenvalue weighted by atomic mass is 10.1. The number of nitrogens with two attached hydrogens (primary N) is 1. The highest BCUT2D eigenvalue weighted by Crippen LogP contribution is 2.30. The largest absolute Gasteiger partial charge is 0.488 e. The monoisotopic (exact) mass is 332 g/mol. The zero-order valence-electron chi connectivity index (χ0n) is 12.7. The summed E-state index contributed by atoms with van der Waals surface area (Å²) in [5.41, 5.74) is 9.08. The number of hydrogen-bond donors (Lipinski definition) is 3. The molecule has 0 aliphatic heterocycles. The van der Waals surface area contributed by atoms with Gasteiger partial charge in [-0.1, -0.05) is 36.4 Å².